The number of para-hydroxylation sites is 2. The van der Waals surface area contributed by atoms with Crippen LogP contribution in [0, 0.1) is 12.3 Å². The lowest BCUT2D eigenvalue weighted by atomic mass is 10.2. The molecule has 0 saturated heterocycles. The van der Waals surface area contributed by atoms with Crippen molar-refractivity contribution in [2.75, 3.05) is 5.32 Å². The first-order valence-electron chi connectivity index (χ1n) is 5.39. The average molecular weight is 214 g/mol. The lowest BCUT2D eigenvalue weighted by Crippen LogP contribution is -2.17. The Hall–Kier alpha value is -1.95. The van der Waals surface area contributed by atoms with Crippen molar-refractivity contribution in [1.29, 1.82) is 0 Å². The summed E-state index contributed by atoms with van der Waals surface area (Å²) in [6.45, 7) is 2.08. The third-order valence-corrected chi connectivity index (χ3v) is 2.48. The van der Waals surface area contributed by atoms with Crippen LogP contribution in [-0.4, -0.2) is 11.0 Å². The molecule has 0 amide bonds. The van der Waals surface area contributed by atoms with Crippen molar-refractivity contribution in [2.45, 2.75) is 25.8 Å². The predicted octanol–water partition coefficient (Wildman–Crippen LogP) is 3.04. The van der Waals surface area contributed by atoms with Crippen LogP contribution in [0.2, 0.25) is 0 Å². The van der Waals surface area contributed by atoms with Crippen molar-refractivity contribution in [3.05, 3.63) is 24.3 Å². The number of nitrogens with one attached hydrogen (secondary N) is 1. The van der Waals surface area contributed by atoms with Gasteiger partial charge in [0.15, 0.2) is 5.58 Å². The lowest BCUT2D eigenvalue weighted by molar-refractivity contribution is 0.588. The van der Waals surface area contributed by atoms with Crippen LogP contribution in [0.3, 0.4) is 0 Å². The summed E-state index contributed by atoms with van der Waals surface area (Å²) in [6.07, 6.45) is 6.92. The molecule has 1 heterocycles. The molecule has 2 rings (SSSR count). The first-order chi connectivity index (χ1) is 7.83. The summed E-state index contributed by atoms with van der Waals surface area (Å²) in [7, 11) is 0. The number of rotatable bonds is 4. The van der Waals surface area contributed by atoms with Crippen LogP contribution in [0.25, 0.3) is 11.1 Å². The molecule has 0 fully saturated rings. The molecule has 0 aliphatic carbocycles. The molecule has 0 aliphatic heterocycles. The second-order valence-corrected chi connectivity index (χ2v) is 3.64. The number of hydrogen-bond acceptors (Lipinski definition) is 3. The fraction of sp³-hybridized carbons (Fsp3) is 0.308. The summed E-state index contributed by atoms with van der Waals surface area (Å²) in [5, 5.41) is 3.20. The molecule has 1 atom stereocenters. The Bertz CT molecular complexity index is 477. The van der Waals surface area contributed by atoms with Crippen molar-refractivity contribution in [1.82, 2.24) is 4.98 Å². The maximum Gasteiger partial charge on any atom is 0.295 e. The molecule has 1 aromatic carbocycles. The fourth-order valence-electron chi connectivity index (χ4n) is 1.55. The summed E-state index contributed by atoms with van der Waals surface area (Å²) in [5.41, 5.74) is 1.65. The van der Waals surface area contributed by atoms with Gasteiger partial charge in [-0.1, -0.05) is 19.1 Å². The van der Waals surface area contributed by atoms with E-state index in [1.54, 1.807) is 0 Å². The Labute approximate surface area is 94.9 Å². The van der Waals surface area contributed by atoms with Crippen LogP contribution >= 0.6 is 0 Å². The first kappa shape index (κ1) is 10.6. The van der Waals surface area contributed by atoms with E-state index in [-0.39, 0.29) is 6.04 Å². The molecular formula is C13H14N2O. The number of benzene rings is 1. The van der Waals surface area contributed by atoms with Gasteiger partial charge in [-0.25, -0.2) is 0 Å². The predicted molar refractivity (Wildman–Crippen MR) is 65.2 cm³/mol. The van der Waals surface area contributed by atoms with Crippen molar-refractivity contribution in [3.63, 3.8) is 0 Å². The van der Waals surface area contributed by atoms with Crippen molar-refractivity contribution < 1.29 is 4.42 Å². The van der Waals surface area contributed by atoms with E-state index in [1.165, 1.54) is 0 Å². The standard InChI is InChI=1S/C13H14N2O/c1-3-7-10(4-2)14-13-15-11-8-5-6-9-12(11)16-13/h1,5-6,8-10H,4,7H2,2H3,(H,14,15). The third-order valence-electron chi connectivity index (χ3n) is 2.48. The van der Waals surface area contributed by atoms with Gasteiger partial charge in [-0.3, -0.25) is 0 Å². The van der Waals surface area contributed by atoms with Crippen molar-refractivity contribution in [3.8, 4) is 12.3 Å². The number of terminal acetylenes is 1. The molecule has 0 saturated carbocycles. The summed E-state index contributed by atoms with van der Waals surface area (Å²) in [6, 6.07) is 8.45. The number of hydrogen-bond donors (Lipinski definition) is 1. The molecular weight excluding hydrogens is 200 g/mol. The van der Waals surface area contributed by atoms with E-state index in [9.17, 15) is 0 Å². The van der Waals surface area contributed by atoms with Crippen LogP contribution in [0.5, 0.6) is 0 Å². The smallest absolute Gasteiger partial charge is 0.295 e. The third kappa shape index (κ3) is 2.17. The van der Waals surface area contributed by atoms with E-state index in [4.69, 9.17) is 10.8 Å². The molecule has 0 spiro atoms. The number of aromatic nitrogens is 1. The Morgan fingerprint density at radius 1 is 1.50 bits per heavy atom. The summed E-state index contributed by atoms with van der Waals surface area (Å²) in [4.78, 5) is 4.34. The highest BCUT2D eigenvalue weighted by molar-refractivity contribution is 5.74. The van der Waals surface area contributed by atoms with Crippen molar-refractivity contribution >= 4 is 17.1 Å². The van der Waals surface area contributed by atoms with Gasteiger partial charge in [0.25, 0.3) is 6.01 Å². The van der Waals surface area contributed by atoms with Crippen molar-refractivity contribution in [2.24, 2.45) is 0 Å². The monoisotopic (exact) mass is 214 g/mol. The van der Waals surface area contributed by atoms with Gasteiger partial charge in [-0.05, 0) is 18.6 Å². The van der Waals surface area contributed by atoms with Crippen LogP contribution < -0.4 is 5.32 Å². The fourth-order valence-corrected chi connectivity index (χ4v) is 1.55. The SMILES string of the molecule is C#CCC(CC)Nc1nc2ccccc2o1. The minimum absolute atomic E-state index is 0.220. The molecule has 1 aromatic heterocycles. The quantitative estimate of drug-likeness (QED) is 0.795. The van der Waals surface area contributed by atoms with Crippen LogP contribution in [0.15, 0.2) is 28.7 Å². The van der Waals surface area contributed by atoms with Gasteiger partial charge in [0, 0.05) is 12.5 Å². The Balaban J connectivity index is 2.18. The second kappa shape index (κ2) is 4.71. The maximum absolute atomic E-state index is 5.56. The number of oxazole rings is 1. The lowest BCUT2D eigenvalue weighted by Gasteiger charge is -2.11. The summed E-state index contributed by atoms with van der Waals surface area (Å²) in [5.74, 6) is 2.64. The van der Waals surface area contributed by atoms with Crippen LogP contribution in [-0.2, 0) is 0 Å². The minimum Gasteiger partial charge on any atom is -0.424 e. The second-order valence-electron chi connectivity index (χ2n) is 3.64. The molecule has 0 bridgehead atoms. The number of anilines is 1. The van der Waals surface area contributed by atoms with E-state index >= 15 is 0 Å². The van der Waals surface area contributed by atoms with Gasteiger partial charge in [0.2, 0.25) is 0 Å². The van der Waals surface area contributed by atoms with E-state index in [2.05, 4.69) is 23.1 Å². The van der Waals surface area contributed by atoms with Gasteiger partial charge >= 0.3 is 0 Å². The molecule has 0 radical (unpaired) electrons. The summed E-state index contributed by atoms with van der Waals surface area (Å²) >= 11 is 0. The Kier molecular flexibility index (Phi) is 3.11. The maximum atomic E-state index is 5.56. The first-order valence-corrected chi connectivity index (χ1v) is 5.39. The zero-order valence-corrected chi connectivity index (χ0v) is 9.23. The van der Waals surface area contributed by atoms with Crippen LogP contribution in [0.1, 0.15) is 19.8 Å². The number of nitrogens with zero attached hydrogens (tertiary/aromatic N) is 1. The topological polar surface area (TPSA) is 38.1 Å². The normalized spacial score (nSPS) is 12.2. The molecule has 16 heavy (non-hydrogen) atoms. The molecule has 0 aliphatic rings. The Morgan fingerprint density at radius 3 is 3.00 bits per heavy atom. The van der Waals surface area contributed by atoms with Crippen LogP contribution in [0.4, 0.5) is 6.01 Å². The largest absolute Gasteiger partial charge is 0.424 e. The number of fused-ring (bicyclic) bond motifs is 1. The average Bonchev–Trinajstić information content (AvgIpc) is 2.70. The molecule has 82 valence electrons. The van der Waals surface area contributed by atoms with E-state index in [0.717, 1.165) is 17.5 Å². The zero-order valence-electron chi connectivity index (χ0n) is 9.23. The van der Waals surface area contributed by atoms with Gasteiger partial charge < -0.3 is 9.73 Å². The van der Waals surface area contributed by atoms with E-state index < -0.39 is 0 Å². The molecule has 1 N–H and O–H groups in total. The van der Waals surface area contributed by atoms with Gasteiger partial charge in [0.1, 0.15) is 5.52 Å². The molecule has 1 unspecified atom stereocenters. The molecule has 3 nitrogen and oxygen atoms in total. The van der Waals surface area contributed by atoms with E-state index in [1.807, 2.05) is 24.3 Å². The minimum atomic E-state index is 0.220. The summed E-state index contributed by atoms with van der Waals surface area (Å²) < 4.78 is 5.56. The van der Waals surface area contributed by atoms with Gasteiger partial charge in [-0.2, -0.15) is 4.98 Å². The van der Waals surface area contributed by atoms with Gasteiger partial charge in [0.05, 0.1) is 0 Å². The zero-order chi connectivity index (χ0) is 11.4. The molecule has 3 heteroatoms. The van der Waals surface area contributed by atoms with E-state index in [0.29, 0.717) is 12.4 Å². The highest BCUT2D eigenvalue weighted by Gasteiger charge is 2.09. The van der Waals surface area contributed by atoms with Gasteiger partial charge in [-0.15, -0.1) is 12.3 Å². The highest BCUT2D eigenvalue weighted by Crippen LogP contribution is 2.19. The molecule has 2 aromatic rings. The highest BCUT2D eigenvalue weighted by atomic mass is 16.4. The Morgan fingerprint density at radius 2 is 2.31 bits per heavy atom.